The van der Waals surface area contributed by atoms with Gasteiger partial charge in [0.1, 0.15) is 0 Å². The minimum absolute atomic E-state index is 0.0595. The fraction of sp³-hybridized carbons (Fsp3) is 0.706. The van der Waals surface area contributed by atoms with Crippen molar-refractivity contribution >= 4 is 11.9 Å². The molecular weight excluding hydrogens is 290 g/mol. The van der Waals surface area contributed by atoms with Crippen molar-refractivity contribution in [3.63, 3.8) is 0 Å². The standard InChI is InChI=1S/C17H27N5O/c1-14(16(23)20-15-6-3-2-4-7-15)21-10-12-22(13-11-21)17-18-8-5-9-19-17/h5,8-9,14-15H,2-4,6-7,10-13H2,1H3,(H,20,23)/t14-/m1/s1. The molecule has 3 rings (SSSR count). The fourth-order valence-electron chi connectivity index (χ4n) is 3.50. The number of piperazine rings is 1. The first kappa shape index (κ1) is 16.2. The smallest absolute Gasteiger partial charge is 0.237 e. The number of rotatable bonds is 4. The zero-order valence-electron chi connectivity index (χ0n) is 13.9. The summed E-state index contributed by atoms with van der Waals surface area (Å²) in [5.41, 5.74) is 0. The summed E-state index contributed by atoms with van der Waals surface area (Å²) < 4.78 is 0. The lowest BCUT2D eigenvalue weighted by molar-refractivity contribution is -0.127. The summed E-state index contributed by atoms with van der Waals surface area (Å²) >= 11 is 0. The van der Waals surface area contributed by atoms with Gasteiger partial charge in [-0.15, -0.1) is 0 Å². The Morgan fingerprint density at radius 3 is 2.43 bits per heavy atom. The lowest BCUT2D eigenvalue weighted by Crippen LogP contribution is -2.55. The number of aromatic nitrogens is 2. The molecule has 6 nitrogen and oxygen atoms in total. The van der Waals surface area contributed by atoms with Gasteiger partial charge in [0.25, 0.3) is 0 Å². The number of nitrogens with zero attached hydrogens (tertiary/aromatic N) is 4. The second-order valence-corrected chi connectivity index (χ2v) is 6.59. The van der Waals surface area contributed by atoms with E-state index >= 15 is 0 Å². The summed E-state index contributed by atoms with van der Waals surface area (Å²) in [7, 11) is 0. The highest BCUT2D eigenvalue weighted by Gasteiger charge is 2.27. The molecule has 0 bridgehead atoms. The van der Waals surface area contributed by atoms with E-state index in [4.69, 9.17) is 0 Å². The topological polar surface area (TPSA) is 61.4 Å². The molecule has 0 radical (unpaired) electrons. The van der Waals surface area contributed by atoms with Crippen LogP contribution in [0.1, 0.15) is 39.0 Å². The van der Waals surface area contributed by atoms with Crippen molar-refractivity contribution in [3.05, 3.63) is 18.5 Å². The Hall–Kier alpha value is -1.69. The summed E-state index contributed by atoms with van der Waals surface area (Å²) in [5, 5.41) is 3.24. The molecule has 1 aromatic rings. The third-order valence-electron chi connectivity index (χ3n) is 5.03. The number of carbonyl (C=O) groups is 1. The number of anilines is 1. The third kappa shape index (κ3) is 4.19. The van der Waals surface area contributed by atoms with Crippen molar-refractivity contribution < 1.29 is 4.79 Å². The van der Waals surface area contributed by atoms with E-state index < -0.39 is 0 Å². The molecule has 126 valence electrons. The van der Waals surface area contributed by atoms with Gasteiger partial charge >= 0.3 is 0 Å². The maximum Gasteiger partial charge on any atom is 0.237 e. The molecule has 6 heteroatoms. The third-order valence-corrected chi connectivity index (χ3v) is 5.03. The predicted octanol–water partition coefficient (Wildman–Crippen LogP) is 1.44. The Morgan fingerprint density at radius 1 is 1.13 bits per heavy atom. The summed E-state index contributed by atoms with van der Waals surface area (Å²) in [6, 6.07) is 2.16. The minimum atomic E-state index is -0.0595. The minimum Gasteiger partial charge on any atom is -0.352 e. The molecule has 0 spiro atoms. The van der Waals surface area contributed by atoms with Crippen LogP contribution in [0.4, 0.5) is 5.95 Å². The van der Waals surface area contributed by atoms with E-state index in [-0.39, 0.29) is 11.9 Å². The number of amides is 1. The quantitative estimate of drug-likeness (QED) is 0.910. The Labute approximate surface area is 138 Å². The van der Waals surface area contributed by atoms with Crippen LogP contribution in [0.2, 0.25) is 0 Å². The van der Waals surface area contributed by atoms with Crippen molar-refractivity contribution in [3.8, 4) is 0 Å². The van der Waals surface area contributed by atoms with Crippen molar-refractivity contribution in [1.29, 1.82) is 0 Å². The Kier molecular flexibility index (Phi) is 5.43. The number of nitrogens with one attached hydrogen (secondary N) is 1. The van der Waals surface area contributed by atoms with Gasteiger partial charge in [0.15, 0.2) is 0 Å². The summed E-state index contributed by atoms with van der Waals surface area (Å²) in [4.78, 5) is 25.5. The van der Waals surface area contributed by atoms with Crippen LogP contribution in [-0.4, -0.2) is 59.0 Å². The first-order chi connectivity index (χ1) is 11.2. The number of hydrogen-bond acceptors (Lipinski definition) is 5. The molecule has 1 aliphatic carbocycles. The molecular formula is C17H27N5O. The number of hydrogen-bond donors (Lipinski definition) is 1. The zero-order valence-corrected chi connectivity index (χ0v) is 13.9. The van der Waals surface area contributed by atoms with Gasteiger partial charge in [-0.3, -0.25) is 9.69 Å². The average molecular weight is 317 g/mol. The summed E-state index contributed by atoms with van der Waals surface area (Å²) in [6.45, 7) is 5.50. The van der Waals surface area contributed by atoms with Crippen LogP contribution in [0, 0.1) is 0 Å². The van der Waals surface area contributed by atoms with Gasteiger partial charge in [0.2, 0.25) is 11.9 Å². The molecule has 1 aromatic heterocycles. The number of carbonyl (C=O) groups excluding carboxylic acids is 1. The molecule has 1 saturated carbocycles. The SMILES string of the molecule is C[C@H](C(=O)NC1CCCCC1)N1CCN(c2ncccn2)CC1. The Balaban J connectivity index is 1.47. The molecule has 2 heterocycles. The largest absolute Gasteiger partial charge is 0.352 e. The molecule has 1 amide bonds. The molecule has 2 aliphatic rings. The highest BCUT2D eigenvalue weighted by molar-refractivity contribution is 5.81. The van der Waals surface area contributed by atoms with E-state index in [0.717, 1.165) is 45.0 Å². The second kappa shape index (κ2) is 7.73. The van der Waals surface area contributed by atoms with Gasteiger partial charge < -0.3 is 10.2 Å². The molecule has 0 unspecified atom stereocenters. The molecule has 1 atom stereocenters. The van der Waals surface area contributed by atoms with Crippen molar-refractivity contribution in [2.24, 2.45) is 0 Å². The second-order valence-electron chi connectivity index (χ2n) is 6.59. The van der Waals surface area contributed by atoms with Gasteiger partial charge in [0, 0.05) is 44.6 Å². The Bertz CT molecular complexity index is 495. The molecule has 1 saturated heterocycles. The van der Waals surface area contributed by atoms with E-state index in [1.54, 1.807) is 12.4 Å². The zero-order chi connectivity index (χ0) is 16.1. The first-order valence-corrected chi connectivity index (χ1v) is 8.80. The average Bonchev–Trinajstić information content (AvgIpc) is 2.63. The highest BCUT2D eigenvalue weighted by Crippen LogP contribution is 2.18. The van der Waals surface area contributed by atoms with Gasteiger partial charge in [-0.1, -0.05) is 19.3 Å². The van der Waals surface area contributed by atoms with Crippen LogP contribution in [-0.2, 0) is 4.79 Å². The van der Waals surface area contributed by atoms with Crippen molar-refractivity contribution in [2.75, 3.05) is 31.1 Å². The summed E-state index contributed by atoms with van der Waals surface area (Å²) in [5.74, 6) is 0.966. The predicted molar refractivity (Wildman–Crippen MR) is 90.3 cm³/mol. The Morgan fingerprint density at radius 2 is 1.78 bits per heavy atom. The molecule has 0 aromatic carbocycles. The normalized spacial score (nSPS) is 21.9. The highest BCUT2D eigenvalue weighted by atomic mass is 16.2. The van der Waals surface area contributed by atoms with Gasteiger partial charge in [-0.05, 0) is 25.8 Å². The van der Waals surface area contributed by atoms with Crippen molar-refractivity contribution in [1.82, 2.24) is 20.2 Å². The van der Waals surface area contributed by atoms with Crippen LogP contribution in [0.25, 0.3) is 0 Å². The molecule has 23 heavy (non-hydrogen) atoms. The molecule has 1 aliphatic heterocycles. The summed E-state index contributed by atoms with van der Waals surface area (Å²) in [6.07, 6.45) is 9.62. The van der Waals surface area contributed by atoms with Crippen LogP contribution in [0.5, 0.6) is 0 Å². The van der Waals surface area contributed by atoms with Crippen LogP contribution in [0.15, 0.2) is 18.5 Å². The van der Waals surface area contributed by atoms with E-state index in [9.17, 15) is 4.79 Å². The molecule has 2 fully saturated rings. The lowest BCUT2D eigenvalue weighted by atomic mass is 9.95. The van der Waals surface area contributed by atoms with Crippen LogP contribution < -0.4 is 10.2 Å². The molecule has 1 N–H and O–H groups in total. The van der Waals surface area contributed by atoms with Gasteiger partial charge in [0.05, 0.1) is 6.04 Å². The van der Waals surface area contributed by atoms with Crippen LogP contribution >= 0.6 is 0 Å². The lowest BCUT2D eigenvalue weighted by Gasteiger charge is -2.38. The van der Waals surface area contributed by atoms with Gasteiger partial charge in [-0.25, -0.2) is 9.97 Å². The van der Waals surface area contributed by atoms with Crippen LogP contribution in [0.3, 0.4) is 0 Å². The van der Waals surface area contributed by atoms with Crippen molar-refractivity contribution in [2.45, 2.75) is 51.1 Å². The van der Waals surface area contributed by atoms with E-state index in [1.807, 2.05) is 13.0 Å². The fourth-order valence-corrected chi connectivity index (χ4v) is 3.50. The maximum atomic E-state index is 12.5. The van der Waals surface area contributed by atoms with E-state index in [0.29, 0.717) is 6.04 Å². The van der Waals surface area contributed by atoms with E-state index in [1.165, 1.54) is 19.3 Å². The van der Waals surface area contributed by atoms with Gasteiger partial charge in [-0.2, -0.15) is 0 Å². The van der Waals surface area contributed by atoms with E-state index in [2.05, 4.69) is 25.1 Å². The maximum absolute atomic E-state index is 12.5. The first-order valence-electron chi connectivity index (χ1n) is 8.80. The monoisotopic (exact) mass is 317 g/mol.